The Morgan fingerprint density at radius 3 is 2.47 bits per heavy atom. The van der Waals surface area contributed by atoms with Crippen LogP contribution < -0.4 is 5.32 Å². The van der Waals surface area contributed by atoms with Crippen LogP contribution in [0.2, 0.25) is 0 Å². The van der Waals surface area contributed by atoms with E-state index >= 15 is 0 Å². The summed E-state index contributed by atoms with van der Waals surface area (Å²) in [6.07, 6.45) is -0.725. The van der Waals surface area contributed by atoms with Crippen LogP contribution >= 0.6 is 11.8 Å². The van der Waals surface area contributed by atoms with Gasteiger partial charge in [0.2, 0.25) is 5.88 Å². The molecular formula is C24H21N3O6S. The van der Waals surface area contributed by atoms with Crippen molar-refractivity contribution < 1.29 is 28.8 Å². The van der Waals surface area contributed by atoms with E-state index in [1.807, 2.05) is 36.4 Å². The SMILES string of the molecule is O=C(Nc1cc(C(=O)N2CCSC(C(=O)O)C2)no1)OCC1c2ccccc2-c2ccccc21. The molecule has 1 aliphatic carbocycles. The number of ether oxygens (including phenoxy) is 1. The van der Waals surface area contributed by atoms with Crippen molar-refractivity contribution in [1.82, 2.24) is 10.1 Å². The van der Waals surface area contributed by atoms with Crippen molar-refractivity contribution in [2.45, 2.75) is 11.2 Å². The molecule has 0 spiro atoms. The fourth-order valence-electron chi connectivity index (χ4n) is 4.32. The number of carboxylic acid groups (broad SMARTS) is 1. The summed E-state index contributed by atoms with van der Waals surface area (Å²) >= 11 is 1.30. The fourth-order valence-corrected chi connectivity index (χ4v) is 5.35. The van der Waals surface area contributed by atoms with Crippen LogP contribution in [0.25, 0.3) is 11.1 Å². The minimum absolute atomic E-state index is 0.00927. The molecule has 3 aromatic rings. The van der Waals surface area contributed by atoms with Crippen molar-refractivity contribution in [2.75, 3.05) is 30.8 Å². The molecule has 9 nitrogen and oxygen atoms in total. The number of hydrogen-bond acceptors (Lipinski definition) is 7. The molecule has 0 radical (unpaired) electrons. The van der Waals surface area contributed by atoms with Gasteiger partial charge in [0, 0.05) is 30.8 Å². The standard InChI is InChI=1S/C24H21N3O6S/c28-22(27-9-10-34-20(12-27)23(29)30)19-11-21(33-26-19)25-24(31)32-13-18-16-7-3-1-5-14(16)15-6-2-4-8-17(15)18/h1-8,11,18,20H,9-10,12-13H2,(H,25,31)(H,29,30). The highest BCUT2D eigenvalue weighted by Crippen LogP contribution is 2.44. The van der Waals surface area contributed by atoms with E-state index in [9.17, 15) is 19.5 Å². The molecule has 1 fully saturated rings. The molecule has 2 aliphatic rings. The van der Waals surface area contributed by atoms with Gasteiger partial charge >= 0.3 is 12.1 Å². The lowest BCUT2D eigenvalue weighted by atomic mass is 9.98. The molecular weight excluding hydrogens is 458 g/mol. The van der Waals surface area contributed by atoms with Gasteiger partial charge in [-0.3, -0.25) is 14.9 Å². The molecule has 2 amide bonds. The van der Waals surface area contributed by atoms with Crippen LogP contribution in [0.1, 0.15) is 27.5 Å². The van der Waals surface area contributed by atoms with Crippen LogP contribution in [0.3, 0.4) is 0 Å². The third-order valence-corrected chi connectivity index (χ3v) is 7.10. The average Bonchev–Trinajstić information content (AvgIpc) is 3.45. The molecule has 1 atom stereocenters. The van der Waals surface area contributed by atoms with Crippen molar-refractivity contribution in [2.24, 2.45) is 0 Å². The quantitative estimate of drug-likeness (QED) is 0.568. The second-order valence-corrected chi connectivity index (χ2v) is 9.29. The van der Waals surface area contributed by atoms with E-state index in [4.69, 9.17) is 9.26 Å². The normalized spacial score (nSPS) is 17.1. The number of nitrogens with one attached hydrogen (secondary N) is 1. The third kappa shape index (κ3) is 4.24. The number of benzene rings is 2. The Hall–Kier alpha value is -3.79. The zero-order chi connectivity index (χ0) is 23.7. The molecule has 10 heteroatoms. The van der Waals surface area contributed by atoms with E-state index in [1.54, 1.807) is 0 Å². The summed E-state index contributed by atoms with van der Waals surface area (Å²) in [5, 5.41) is 14.7. The highest BCUT2D eigenvalue weighted by atomic mass is 32.2. The second kappa shape index (κ2) is 9.22. The van der Waals surface area contributed by atoms with Crippen molar-refractivity contribution in [3.63, 3.8) is 0 Å². The molecule has 5 rings (SSSR count). The molecule has 0 bridgehead atoms. The van der Waals surface area contributed by atoms with Crippen LogP contribution in [-0.2, 0) is 9.53 Å². The maximum absolute atomic E-state index is 12.7. The zero-order valence-corrected chi connectivity index (χ0v) is 18.8. The summed E-state index contributed by atoms with van der Waals surface area (Å²) in [6, 6.07) is 17.4. The lowest BCUT2D eigenvalue weighted by molar-refractivity contribution is -0.136. The first-order chi connectivity index (χ1) is 16.5. The number of amides is 2. The highest BCUT2D eigenvalue weighted by Gasteiger charge is 2.31. The molecule has 2 heterocycles. The van der Waals surface area contributed by atoms with Crippen molar-refractivity contribution in [3.05, 3.63) is 71.4 Å². The number of hydrogen-bond donors (Lipinski definition) is 2. The number of nitrogens with zero attached hydrogens (tertiary/aromatic N) is 2. The van der Waals surface area contributed by atoms with Crippen LogP contribution in [0.15, 0.2) is 59.1 Å². The van der Waals surface area contributed by atoms with E-state index in [2.05, 4.69) is 22.6 Å². The lowest BCUT2D eigenvalue weighted by Crippen LogP contribution is -2.44. The molecule has 0 saturated carbocycles. The Kier molecular flexibility index (Phi) is 5.97. The predicted octanol–water partition coefficient (Wildman–Crippen LogP) is 3.68. The van der Waals surface area contributed by atoms with Gasteiger partial charge in [-0.2, -0.15) is 0 Å². The number of carbonyl (C=O) groups excluding carboxylic acids is 2. The number of carbonyl (C=O) groups is 3. The Balaban J connectivity index is 1.20. The van der Waals surface area contributed by atoms with E-state index in [1.165, 1.54) is 22.7 Å². The summed E-state index contributed by atoms with van der Waals surface area (Å²) in [7, 11) is 0. The minimum Gasteiger partial charge on any atom is -0.480 e. The summed E-state index contributed by atoms with van der Waals surface area (Å²) in [4.78, 5) is 37.7. The Morgan fingerprint density at radius 1 is 1.12 bits per heavy atom. The summed E-state index contributed by atoms with van der Waals surface area (Å²) in [6.45, 7) is 0.637. The third-order valence-electron chi connectivity index (χ3n) is 5.93. The lowest BCUT2D eigenvalue weighted by Gasteiger charge is -2.29. The Labute approximate surface area is 199 Å². The topological polar surface area (TPSA) is 122 Å². The molecule has 1 unspecified atom stereocenters. The number of thioether (sulfide) groups is 1. The minimum atomic E-state index is -0.958. The van der Waals surface area contributed by atoms with Gasteiger partial charge in [-0.1, -0.05) is 53.7 Å². The molecule has 1 aliphatic heterocycles. The van der Waals surface area contributed by atoms with Gasteiger partial charge in [-0.25, -0.2) is 4.79 Å². The number of carboxylic acids is 1. The monoisotopic (exact) mass is 479 g/mol. The average molecular weight is 480 g/mol. The predicted molar refractivity (Wildman–Crippen MR) is 125 cm³/mol. The number of aromatic nitrogens is 1. The van der Waals surface area contributed by atoms with E-state index in [0.717, 1.165) is 22.3 Å². The maximum Gasteiger partial charge on any atom is 0.414 e. The summed E-state index contributed by atoms with van der Waals surface area (Å²) in [5.41, 5.74) is 4.45. The number of anilines is 1. The van der Waals surface area contributed by atoms with Gasteiger partial charge in [0.15, 0.2) is 5.69 Å². The number of rotatable bonds is 5. The smallest absolute Gasteiger partial charge is 0.414 e. The van der Waals surface area contributed by atoms with Crippen LogP contribution in [0.4, 0.5) is 10.7 Å². The zero-order valence-electron chi connectivity index (χ0n) is 18.0. The Morgan fingerprint density at radius 2 is 1.79 bits per heavy atom. The number of fused-ring (bicyclic) bond motifs is 3. The first-order valence-electron chi connectivity index (χ1n) is 10.7. The molecule has 1 saturated heterocycles. The molecule has 34 heavy (non-hydrogen) atoms. The Bertz CT molecular complexity index is 1210. The van der Waals surface area contributed by atoms with Gasteiger partial charge in [0.1, 0.15) is 11.9 Å². The van der Waals surface area contributed by atoms with E-state index in [0.29, 0.717) is 12.3 Å². The van der Waals surface area contributed by atoms with Gasteiger partial charge in [0.05, 0.1) is 0 Å². The van der Waals surface area contributed by atoms with Crippen molar-refractivity contribution in [3.8, 4) is 11.1 Å². The first-order valence-corrected chi connectivity index (χ1v) is 11.8. The summed E-state index contributed by atoms with van der Waals surface area (Å²) < 4.78 is 10.5. The van der Waals surface area contributed by atoms with Gasteiger partial charge in [0.25, 0.3) is 5.91 Å². The van der Waals surface area contributed by atoms with Crippen LogP contribution in [-0.4, -0.2) is 63.8 Å². The van der Waals surface area contributed by atoms with Crippen LogP contribution in [0.5, 0.6) is 0 Å². The van der Waals surface area contributed by atoms with Gasteiger partial charge in [-0.15, -0.1) is 11.8 Å². The molecule has 174 valence electrons. The van der Waals surface area contributed by atoms with Crippen molar-refractivity contribution in [1.29, 1.82) is 0 Å². The maximum atomic E-state index is 12.7. The first kappa shape index (κ1) is 22.0. The van der Waals surface area contributed by atoms with E-state index < -0.39 is 23.2 Å². The second-order valence-electron chi connectivity index (χ2n) is 7.98. The molecule has 1 aromatic heterocycles. The van der Waals surface area contributed by atoms with Gasteiger partial charge in [-0.05, 0) is 22.3 Å². The molecule has 2 aromatic carbocycles. The fraction of sp³-hybridized carbons (Fsp3) is 0.250. The van der Waals surface area contributed by atoms with Crippen LogP contribution in [0, 0.1) is 0 Å². The van der Waals surface area contributed by atoms with Gasteiger partial charge < -0.3 is 19.3 Å². The highest BCUT2D eigenvalue weighted by molar-refractivity contribution is 8.00. The molecule has 2 N–H and O–H groups in total. The van der Waals surface area contributed by atoms with Crippen molar-refractivity contribution >= 4 is 35.6 Å². The number of aliphatic carboxylic acids is 1. The van der Waals surface area contributed by atoms with E-state index in [-0.39, 0.29) is 30.6 Å². The largest absolute Gasteiger partial charge is 0.480 e. The summed E-state index contributed by atoms with van der Waals surface area (Å²) in [5.74, 6) is -0.993.